The van der Waals surface area contributed by atoms with Gasteiger partial charge in [0, 0.05) is 14.3 Å². The highest BCUT2D eigenvalue weighted by Crippen LogP contribution is 2.41. The second-order valence-electron chi connectivity index (χ2n) is 2.69. The Bertz CT molecular complexity index is 444. The third-order valence-electron chi connectivity index (χ3n) is 1.71. The molecular weight excluding hydrogens is 229 g/mol. The fourth-order valence-electron chi connectivity index (χ4n) is 1.09. The molecular formula is C9H5F3S2. The monoisotopic (exact) mass is 234 g/mol. The standard InChI is InChI=1S/C9H5F3S2/c1-2-5-3-6-7(13-5)4-8(14-6)9(10,11)12/h2-4H,1H2. The number of thiophene rings is 2. The summed E-state index contributed by atoms with van der Waals surface area (Å²) in [6.07, 6.45) is -2.58. The molecule has 0 aromatic carbocycles. The average molecular weight is 234 g/mol. The number of hydrogen-bond acceptors (Lipinski definition) is 2. The van der Waals surface area contributed by atoms with Crippen molar-refractivity contribution in [2.75, 3.05) is 0 Å². The molecule has 0 unspecified atom stereocenters. The first-order chi connectivity index (χ1) is 6.50. The zero-order valence-corrected chi connectivity index (χ0v) is 8.52. The Balaban J connectivity index is 2.55. The maximum Gasteiger partial charge on any atom is 0.425 e. The van der Waals surface area contributed by atoms with Gasteiger partial charge in [0.1, 0.15) is 4.88 Å². The molecule has 0 saturated carbocycles. The minimum atomic E-state index is -4.22. The van der Waals surface area contributed by atoms with Crippen molar-refractivity contribution in [3.05, 3.63) is 28.5 Å². The van der Waals surface area contributed by atoms with Gasteiger partial charge in [-0.05, 0) is 12.1 Å². The van der Waals surface area contributed by atoms with Gasteiger partial charge in [-0.3, -0.25) is 0 Å². The second kappa shape index (κ2) is 3.10. The Morgan fingerprint density at radius 1 is 1.14 bits per heavy atom. The van der Waals surface area contributed by atoms with E-state index in [0.717, 1.165) is 16.2 Å². The summed E-state index contributed by atoms with van der Waals surface area (Å²) in [5, 5.41) is 0. The largest absolute Gasteiger partial charge is 0.425 e. The molecule has 0 aliphatic rings. The fourth-order valence-corrected chi connectivity index (χ4v) is 3.22. The molecule has 2 aromatic heterocycles. The van der Waals surface area contributed by atoms with Crippen LogP contribution in [0, 0.1) is 0 Å². The molecule has 0 fully saturated rings. The summed E-state index contributed by atoms with van der Waals surface area (Å²) < 4.78 is 38.2. The van der Waals surface area contributed by atoms with Crippen molar-refractivity contribution in [2.45, 2.75) is 6.18 Å². The van der Waals surface area contributed by atoms with E-state index < -0.39 is 11.1 Å². The van der Waals surface area contributed by atoms with Crippen molar-refractivity contribution in [1.29, 1.82) is 0 Å². The Morgan fingerprint density at radius 2 is 1.79 bits per heavy atom. The Morgan fingerprint density at radius 3 is 2.29 bits per heavy atom. The third-order valence-corrected chi connectivity index (χ3v) is 4.04. The third kappa shape index (κ3) is 1.57. The molecule has 0 nitrogen and oxygen atoms in total. The van der Waals surface area contributed by atoms with Crippen molar-refractivity contribution in [1.82, 2.24) is 0 Å². The summed E-state index contributed by atoms with van der Waals surface area (Å²) in [5.41, 5.74) is 0. The Labute approximate surface area is 86.3 Å². The summed E-state index contributed by atoms with van der Waals surface area (Å²) in [5.74, 6) is 0. The van der Waals surface area contributed by atoms with Gasteiger partial charge in [0.15, 0.2) is 0 Å². The molecule has 0 amide bonds. The van der Waals surface area contributed by atoms with Gasteiger partial charge < -0.3 is 0 Å². The number of hydrogen-bond donors (Lipinski definition) is 0. The van der Waals surface area contributed by atoms with Gasteiger partial charge in [-0.1, -0.05) is 12.7 Å². The van der Waals surface area contributed by atoms with Crippen molar-refractivity contribution in [3.8, 4) is 0 Å². The van der Waals surface area contributed by atoms with Crippen LogP contribution in [-0.2, 0) is 6.18 Å². The summed E-state index contributed by atoms with van der Waals surface area (Å²) in [7, 11) is 0. The first kappa shape index (κ1) is 9.73. The van der Waals surface area contributed by atoms with Gasteiger partial charge in [0.05, 0.1) is 0 Å². The van der Waals surface area contributed by atoms with Gasteiger partial charge >= 0.3 is 6.18 Å². The second-order valence-corrected chi connectivity index (χ2v) is 4.89. The lowest BCUT2D eigenvalue weighted by Gasteiger charge is -1.99. The lowest BCUT2D eigenvalue weighted by atomic mass is 10.4. The molecule has 2 aromatic rings. The molecule has 0 N–H and O–H groups in total. The molecule has 2 heterocycles. The van der Waals surface area contributed by atoms with E-state index >= 15 is 0 Å². The maximum absolute atomic E-state index is 12.3. The normalized spacial score (nSPS) is 12.2. The van der Waals surface area contributed by atoms with Crippen molar-refractivity contribution in [3.63, 3.8) is 0 Å². The minimum absolute atomic E-state index is 0.533. The van der Waals surface area contributed by atoms with Crippen LogP contribution in [-0.4, -0.2) is 0 Å². The van der Waals surface area contributed by atoms with E-state index in [1.54, 1.807) is 12.1 Å². The quantitative estimate of drug-likeness (QED) is 0.675. The molecule has 0 saturated heterocycles. The predicted octanol–water partition coefficient (Wildman–Crippen LogP) is 4.62. The first-order valence-corrected chi connectivity index (χ1v) is 5.37. The Hall–Kier alpha value is -0.810. The molecule has 5 heteroatoms. The van der Waals surface area contributed by atoms with Crippen LogP contribution in [0.15, 0.2) is 18.7 Å². The number of halogens is 3. The van der Waals surface area contributed by atoms with Crippen LogP contribution in [0.4, 0.5) is 13.2 Å². The van der Waals surface area contributed by atoms with E-state index in [1.165, 1.54) is 17.4 Å². The van der Waals surface area contributed by atoms with Gasteiger partial charge in [-0.15, -0.1) is 22.7 Å². The summed E-state index contributed by atoms with van der Waals surface area (Å²) >= 11 is 2.10. The molecule has 2 rings (SSSR count). The van der Waals surface area contributed by atoms with Crippen LogP contribution < -0.4 is 0 Å². The number of alkyl halides is 3. The molecule has 0 radical (unpaired) electrons. The molecule has 74 valence electrons. The molecule has 0 spiro atoms. The van der Waals surface area contributed by atoms with Gasteiger partial charge in [-0.2, -0.15) is 13.2 Å². The molecule has 0 aliphatic heterocycles. The van der Waals surface area contributed by atoms with E-state index in [0.29, 0.717) is 9.40 Å². The van der Waals surface area contributed by atoms with Crippen molar-refractivity contribution >= 4 is 38.1 Å². The number of rotatable bonds is 1. The molecule has 0 atom stereocenters. The molecule has 0 bridgehead atoms. The van der Waals surface area contributed by atoms with E-state index in [9.17, 15) is 13.2 Å². The highest BCUT2D eigenvalue weighted by molar-refractivity contribution is 7.28. The summed E-state index contributed by atoms with van der Waals surface area (Å²) in [6.45, 7) is 3.57. The average Bonchev–Trinajstić information content (AvgIpc) is 2.56. The van der Waals surface area contributed by atoms with Crippen molar-refractivity contribution < 1.29 is 13.2 Å². The maximum atomic E-state index is 12.3. The lowest BCUT2D eigenvalue weighted by molar-refractivity contribution is -0.134. The first-order valence-electron chi connectivity index (χ1n) is 3.74. The van der Waals surface area contributed by atoms with Crippen LogP contribution in [0.1, 0.15) is 9.75 Å². The van der Waals surface area contributed by atoms with Crippen LogP contribution in [0.2, 0.25) is 0 Å². The highest BCUT2D eigenvalue weighted by atomic mass is 32.1. The van der Waals surface area contributed by atoms with Crippen LogP contribution in [0.3, 0.4) is 0 Å². The lowest BCUT2D eigenvalue weighted by Crippen LogP contribution is -2.00. The summed E-state index contributed by atoms with van der Waals surface area (Å²) in [4.78, 5) is 0.370. The van der Waals surface area contributed by atoms with Gasteiger partial charge in [0.2, 0.25) is 0 Å². The molecule has 0 aliphatic carbocycles. The van der Waals surface area contributed by atoms with E-state index in [4.69, 9.17) is 0 Å². The van der Waals surface area contributed by atoms with Crippen LogP contribution in [0.5, 0.6) is 0 Å². The van der Waals surface area contributed by atoms with E-state index in [2.05, 4.69) is 6.58 Å². The van der Waals surface area contributed by atoms with Crippen molar-refractivity contribution in [2.24, 2.45) is 0 Å². The molecule has 14 heavy (non-hydrogen) atoms. The SMILES string of the molecule is C=Cc1cc2sc(C(F)(F)F)cc2s1. The topological polar surface area (TPSA) is 0 Å². The zero-order valence-electron chi connectivity index (χ0n) is 6.89. The summed E-state index contributed by atoms with van der Waals surface area (Å²) in [6, 6.07) is 2.92. The van der Waals surface area contributed by atoms with E-state index in [1.807, 2.05) is 0 Å². The van der Waals surface area contributed by atoms with Gasteiger partial charge in [0.25, 0.3) is 0 Å². The van der Waals surface area contributed by atoms with Crippen LogP contribution in [0.25, 0.3) is 15.5 Å². The van der Waals surface area contributed by atoms with E-state index in [-0.39, 0.29) is 0 Å². The Kier molecular flexibility index (Phi) is 2.16. The minimum Gasteiger partial charge on any atom is -0.165 e. The highest BCUT2D eigenvalue weighted by Gasteiger charge is 2.33. The van der Waals surface area contributed by atoms with Gasteiger partial charge in [-0.25, -0.2) is 0 Å². The smallest absolute Gasteiger partial charge is 0.165 e. The fraction of sp³-hybridized carbons (Fsp3) is 0.111. The number of fused-ring (bicyclic) bond motifs is 1. The predicted molar refractivity (Wildman–Crippen MR) is 54.8 cm³/mol. The van der Waals surface area contributed by atoms with Crippen LogP contribution >= 0.6 is 22.7 Å². The zero-order chi connectivity index (χ0) is 10.3.